The van der Waals surface area contributed by atoms with Crippen LogP contribution in [0, 0.1) is 16.0 Å². The molecular formula is C23H25N3O8. The summed E-state index contributed by atoms with van der Waals surface area (Å²) in [4.78, 5) is 37.4. The monoisotopic (exact) mass is 471 g/mol. The summed E-state index contributed by atoms with van der Waals surface area (Å²) < 4.78 is 10.9. The number of rotatable bonds is 10. The Kier molecular flexibility index (Phi) is 6.75. The zero-order chi connectivity index (χ0) is 24.4. The molecule has 34 heavy (non-hydrogen) atoms. The summed E-state index contributed by atoms with van der Waals surface area (Å²) in [6, 6.07) is 6.95. The van der Waals surface area contributed by atoms with E-state index in [-0.39, 0.29) is 36.5 Å². The number of nitrogens with zero attached hydrogens (tertiary/aromatic N) is 3. The third-order valence-corrected chi connectivity index (χ3v) is 6.14. The number of unbranched alkanes of at least 4 members (excludes halogenated alkanes) is 1. The van der Waals surface area contributed by atoms with Gasteiger partial charge in [0.15, 0.2) is 5.76 Å². The molecule has 11 heteroatoms. The Balaban J connectivity index is 1.55. The maximum atomic E-state index is 13.1. The highest BCUT2D eigenvalue weighted by atomic mass is 16.6. The third-order valence-electron chi connectivity index (χ3n) is 6.14. The van der Waals surface area contributed by atoms with Crippen LogP contribution >= 0.6 is 0 Å². The molecule has 180 valence electrons. The van der Waals surface area contributed by atoms with Crippen molar-refractivity contribution in [3.63, 3.8) is 0 Å². The predicted octanol–water partition coefficient (Wildman–Crippen LogP) is 1.96. The highest BCUT2D eigenvalue weighted by Crippen LogP contribution is 2.47. The normalized spacial score (nSPS) is 20.2. The van der Waals surface area contributed by atoms with E-state index in [1.807, 2.05) is 0 Å². The molecule has 3 atom stereocenters. The number of aliphatic hydroxyl groups excluding tert-OH is 2. The minimum Gasteiger partial charge on any atom is -0.456 e. The lowest BCUT2D eigenvalue weighted by atomic mass is 9.83. The van der Waals surface area contributed by atoms with Gasteiger partial charge in [-0.3, -0.25) is 14.9 Å². The number of hydrogen-bond acceptors (Lipinski definition) is 9. The average molecular weight is 471 g/mol. The molecular weight excluding hydrogens is 446 g/mol. The Labute approximate surface area is 194 Å². The van der Waals surface area contributed by atoms with Gasteiger partial charge in [-0.05, 0) is 43.9 Å². The Morgan fingerprint density at radius 2 is 2.09 bits per heavy atom. The fraction of sp³-hybridized carbons (Fsp3) is 0.435. The summed E-state index contributed by atoms with van der Waals surface area (Å²) >= 11 is 0. The molecule has 0 radical (unpaired) electrons. The zero-order valence-corrected chi connectivity index (χ0v) is 18.5. The Hall–Kier alpha value is -3.57. The van der Waals surface area contributed by atoms with Gasteiger partial charge in [-0.2, -0.15) is 0 Å². The van der Waals surface area contributed by atoms with Crippen molar-refractivity contribution in [3.05, 3.63) is 63.2 Å². The quantitative estimate of drug-likeness (QED) is 0.174. The van der Waals surface area contributed by atoms with E-state index < -0.39 is 22.9 Å². The molecule has 1 aromatic heterocycles. The van der Waals surface area contributed by atoms with E-state index in [1.165, 1.54) is 36.1 Å². The molecule has 2 aliphatic heterocycles. The second kappa shape index (κ2) is 9.74. The molecule has 1 saturated heterocycles. The first-order valence-corrected chi connectivity index (χ1v) is 11.0. The first-order chi connectivity index (χ1) is 16.3. The van der Waals surface area contributed by atoms with Crippen LogP contribution in [0.25, 0.3) is 5.57 Å². The summed E-state index contributed by atoms with van der Waals surface area (Å²) in [5, 5.41) is 33.8. The van der Waals surface area contributed by atoms with Gasteiger partial charge in [0.25, 0.3) is 5.69 Å². The van der Waals surface area contributed by atoms with Crippen LogP contribution in [-0.4, -0.2) is 55.8 Å². The van der Waals surface area contributed by atoms with Gasteiger partial charge in [-0.25, -0.2) is 4.79 Å². The van der Waals surface area contributed by atoms with Gasteiger partial charge in [-0.15, -0.1) is 0 Å². The third kappa shape index (κ3) is 4.44. The number of amides is 1. The number of benzene rings is 1. The van der Waals surface area contributed by atoms with Crippen molar-refractivity contribution in [3.8, 4) is 0 Å². The Morgan fingerprint density at radius 3 is 2.74 bits per heavy atom. The van der Waals surface area contributed by atoms with Crippen LogP contribution in [0.3, 0.4) is 0 Å². The van der Waals surface area contributed by atoms with Gasteiger partial charge >= 0.3 is 5.97 Å². The number of nitro groups is 1. The molecule has 3 heterocycles. The Morgan fingerprint density at radius 1 is 1.35 bits per heavy atom. The second-order valence-corrected chi connectivity index (χ2v) is 8.44. The maximum Gasteiger partial charge on any atom is 0.355 e. The van der Waals surface area contributed by atoms with Crippen molar-refractivity contribution >= 4 is 23.1 Å². The molecule has 2 aromatic rings. The number of non-ortho nitro benzene ring substituents is 1. The number of aliphatic hydroxyl groups is 2. The van der Waals surface area contributed by atoms with Crippen molar-refractivity contribution in [2.45, 2.75) is 51.4 Å². The maximum absolute atomic E-state index is 13.1. The van der Waals surface area contributed by atoms with Crippen LogP contribution in [0.4, 0.5) is 5.69 Å². The van der Waals surface area contributed by atoms with E-state index in [0.29, 0.717) is 41.9 Å². The van der Waals surface area contributed by atoms with Crippen molar-refractivity contribution in [1.29, 1.82) is 0 Å². The van der Waals surface area contributed by atoms with Crippen LogP contribution in [0.1, 0.15) is 43.2 Å². The van der Waals surface area contributed by atoms with Crippen molar-refractivity contribution in [2.75, 3.05) is 6.61 Å². The van der Waals surface area contributed by atoms with Crippen molar-refractivity contribution in [1.82, 2.24) is 10.1 Å². The fourth-order valence-corrected chi connectivity index (χ4v) is 4.40. The van der Waals surface area contributed by atoms with E-state index in [2.05, 4.69) is 5.16 Å². The lowest BCUT2D eigenvalue weighted by Crippen LogP contribution is -2.61. The average Bonchev–Trinajstić information content (AvgIpc) is 3.40. The number of nitro benzene ring substituents is 1. The van der Waals surface area contributed by atoms with Gasteiger partial charge in [0.2, 0.25) is 5.91 Å². The molecule has 0 unspecified atom stereocenters. The number of hydrogen-bond donors (Lipinski definition) is 2. The van der Waals surface area contributed by atoms with Gasteiger partial charge in [0.1, 0.15) is 12.3 Å². The number of carbonyl (C=O) groups is 2. The second-order valence-electron chi connectivity index (χ2n) is 8.44. The van der Waals surface area contributed by atoms with E-state index in [4.69, 9.17) is 14.4 Å². The van der Waals surface area contributed by atoms with Gasteiger partial charge in [0, 0.05) is 36.8 Å². The molecule has 0 spiro atoms. The smallest absolute Gasteiger partial charge is 0.355 e. The molecule has 1 amide bonds. The van der Waals surface area contributed by atoms with Gasteiger partial charge < -0.3 is 24.4 Å². The number of aromatic nitrogens is 1. The highest BCUT2D eigenvalue weighted by molar-refractivity contribution is 6.06. The minimum absolute atomic E-state index is 0.0619. The molecule has 2 aliphatic rings. The number of β-lactam (4-membered cyclic amide) rings is 1. The molecule has 2 N–H and O–H groups in total. The van der Waals surface area contributed by atoms with Crippen LogP contribution in [0.2, 0.25) is 0 Å². The summed E-state index contributed by atoms with van der Waals surface area (Å²) in [6.07, 6.45) is 1.40. The lowest BCUT2D eigenvalue weighted by molar-refractivity contribution is -0.384. The summed E-state index contributed by atoms with van der Waals surface area (Å²) in [5.74, 6) is -1.36. The van der Waals surface area contributed by atoms with Crippen molar-refractivity contribution in [2.24, 2.45) is 5.92 Å². The molecule has 0 bridgehead atoms. The van der Waals surface area contributed by atoms with Crippen LogP contribution in [0.5, 0.6) is 0 Å². The summed E-state index contributed by atoms with van der Waals surface area (Å²) in [5.41, 5.74) is 1.69. The van der Waals surface area contributed by atoms with E-state index in [0.717, 1.165) is 6.42 Å². The van der Waals surface area contributed by atoms with E-state index in [9.17, 15) is 24.8 Å². The largest absolute Gasteiger partial charge is 0.456 e. The number of aryl methyl sites for hydroxylation is 1. The molecule has 1 fully saturated rings. The SMILES string of the molecule is C[C@@H](O)[C@H]1C(=O)N2C(C(=O)OCc3ccc([N+](=O)[O-])cc3)=C(c3cc(CCCCO)no3)C[C@H]12. The van der Waals surface area contributed by atoms with Crippen molar-refractivity contribution < 1.29 is 34.0 Å². The number of esters is 1. The molecule has 0 aliphatic carbocycles. The van der Waals surface area contributed by atoms with Crippen LogP contribution < -0.4 is 0 Å². The van der Waals surface area contributed by atoms with Gasteiger partial charge in [0.05, 0.1) is 28.7 Å². The lowest BCUT2D eigenvalue weighted by Gasteiger charge is -2.44. The summed E-state index contributed by atoms with van der Waals surface area (Å²) in [7, 11) is 0. The first kappa shape index (κ1) is 23.6. The fourth-order valence-electron chi connectivity index (χ4n) is 4.40. The number of fused-ring (bicyclic) bond motifs is 1. The highest BCUT2D eigenvalue weighted by Gasteiger charge is 2.57. The molecule has 0 saturated carbocycles. The molecule has 11 nitrogen and oxygen atoms in total. The zero-order valence-electron chi connectivity index (χ0n) is 18.5. The van der Waals surface area contributed by atoms with E-state index in [1.54, 1.807) is 6.07 Å². The van der Waals surface area contributed by atoms with Crippen LogP contribution in [0.15, 0.2) is 40.6 Å². The minimum atomic E-state index is -0.866. The Bertz CT molecular complexity index is 1120. The summed E-state index contributed by atoms with van der Waals surface area (Å²) in [6.45, 7) is 1.49. The number of ether oxygens (including phenoxy) is 1. The standard InChI is InChI=1S/C23H25N3O8/c1-13(28)20-18-11-17(19-10-15(24-34-19)4-2-3-9-27)21(25(18)22(20)29)23(30)33-12-14-5-7-16(8-6-14)26(31)32/h5-8,10,13,18,20,27-28H,2-4,9,11-12H2,1H3/t13-,18-,20-/m1/s1. The first-order valence-electron chi connectivity index (χ1n) is 11.0. The van der Waals surface area contributed by atoms with Gasteiger partial charge in [-0.1, -0.05) is 5.16 Å². The van der Waals surface area contributed by atoms with Crippen LogP contribution in [-0.2, 0) is 27.4 Å². The predicted molar refractivity (Wildman–Crippen MR) is 117 cm³/mol. The molecule has 4 rings (SSSR count). The number of carbonyl (C=O) groups excluding carboxylic acids is 2. The topological polar surface area (TPSA) is 156 Å². The molecule has 1 aromatic carbocycles. The van der Waals surface area contributed by atoms with E-state index >= 15 is 0 Å².